The number of anilines is 1. The van der Waals surface area contributed by atoms with Crippen molar-refractivity contribution in [3.8, 4) is 0 Å². The van der Waals surface area contributed by atoms with Gasteiger partial charge in [-0.05, 0) is 54.6 Å². The maximum absolute atomic E-state index is 12.9. The van der Waals surface area contributed by atoms with Gasteiger partial charge in [0.15, 0.2) is 5.76 Å². The molecule has 0 bridgehead atoms. The molecule has 0 aliphatic carbocycles. The molecule has 0 aliphatic heterocycles. The fraction of sp³-hybridized carbons (Fsp3) is 0.111. The summed E-state index contributed by atoms with van der Waals surface area (Å²) in [4.78, 5) is 35.3. The zero-order valence-electron chi connectivity index (χ0n) is 13.6. The molecule has 132 valence electrons. The minimum atomic E-state index is -0.687. The van der Waals surface area contributed by atoms with Crippen molar-refractivity contribution in [1.82, 2.24) is 0 Å². The fourth-order valence-electron chi connectivity index (χ4n) is 2.43. The van der Waals surface area contributed by atoms with E-state index in [1.807, 2.05) is 0 Å². The Balaban J connectivity index is 2.08. The van der Waals surface area contributed by atoms with Gasteiger partial charge in [-0.25, -0.2) is 4.79 Å². The van der Waals surface area contributed by atoms with Gasteiger partial charge in [-0.15, -0.1) is 4.91 Å². The summed E-state index contributed by atoms with van der Waals surface area (Å²) in [6.45, 7) is 1.87. The van der Waals surface area contributed by atoms with Crippen molar-refractivity contribution in [2.75, 3.05) is 11.9 Å². The topological polar surface area (TPSA) is 98.0 Å². The standard InChI is InChI=1S/C18H13BrN2O5/c1-2-25-18(23)20-15-13-8-5-11(19)9-14(13)26-17(15)16(22)10-3-6-12(21-24)7-4-10/h3-9H,2H2,1H3,(H,20,23). The molecule has 2 aromatic carbocycles. The third-order valence-electron chi connectivity index (χ3n) is 3.60. The zero-order chi connectivity index (χ0) is 18.7. The van der Waals surface area contributed by atoms with E-state index in [1.165, 1.54) is 24.3 Å². The lowest BCUT2D eigenvalue weighted by atomic mass is 10.1. The Bertz CT molecular complexity index is 995. The largest absolute Gasteiger partial charge is 0.450 e. The number of hydrogen-bond donors (Lipinski definition) is 1. The number of ketones is 1. The smallest absolute Gasteiger partial charge is 0.411 e. The van der Waals surface area contributed by atoms with Crippen molar-refractivity contribution in [3.05, 3.63) is 63.2 Å². The van der Waals surface area contributed by atoms with E-state index in [4.69, 9.17) is 9.15 Å². The van der Waals surface area contributed by atoms with E-state index in [1.54, 1.807) is 25.1 Å². The highest BCUT2D eigenvalue weighted by molar-refractivity contribution is 9.10. The monoisotopic (exact) mass is 416 g/mol. The number of nitrogens with one attached hydrogen (secondary N) is 1. The summed E-state index contributed by atoms with van der Waals surface area (Å²) in [7, 11) is 0. The number of hydrogen-bond acceptors (Lipinski definition) is 6. The molecule has 0 saturated heterocycles. The van der Waals surface area contributed by atoms with Crippen molar-refractivity contribution in [3.63, 3.8) is 0 Å². The first-order valence-corrected chi connectivity index (χ1v) is 8.46. The summed E-state index contributed by atoms with van der Waals surface area (Å²) in [5, 5.41) is 5.94. The molecule has 8 heteroatoms. The van der Waals surface area contributed by atoms with Gasteiger partial charge in [0.2, 0.25) is 5.78 Å². The van der Waals surface area contributed by atoms with Gasteiger partial charge in [0.05, 0.1) is 6.61 Å². The van der Waals surface area contributed by atoms with Crippen LogP contribution in [0.1, 0.15) is 23.0 Å². The lowest BCUT2D eigenvalue weighted by Gasteiger charge is -2.06. The van der Waals surface area contributed by atoms with Gasteiger partial charge in [0, 0.05) is 15.4 Å². The van der Waals surface area contributed by atoms with Crippen LogP contribution in [0.25, 0.3) is 11.0 Å². The Labute approximate surface area is 156 Å². The lowest BCUT2D eigenvalue weighted by Crippen LogP contribution is -2.15. The second-order valence-electron chi connectivity index (χ2n) is 5.26. The SMILES string of the molecule is CCOC(=O)Nc1c(C(=O)c2ccc(N=O)cc2)oc2cc(Br)ccc12. The van der Waals surface area contributed by atoms with Crippen LogP contribution in [0.4, 0.5) is 16.2 Å². The van der Waals surface area contributed by atoms with E-state index in [9.17, 15) is 14.5 Å². The number of benzene rings is 2. The summed E-state index contributed by atoms with van der Waals surface area (Å²) >= 11 is 3.34. The van der Waals surface area contributed by atoms with Crippen LogP contribution in [0.5, 0.6) is 0 Å². The summed E-state index contributed by atoms with van der Waals surface area (Å²) in [6.07, 6.45) is -0.687. The van der Waals surface area contributed by atoms with Crippen LogP contribution in [-0.2, 0) is 4.74 Å². The Kier molecular flexibility index (Phi) is 5.13. The van der Waals surface area contributed by atoms with Crippen LogP contribution in [0.15, 0.2) is 56.5 Å². The number of rotatable bonds is 5. The second kappa shape index (κ2) is 7.49. The molecule has 7 nitrogen and oxygen atoms in total. The zero-order valence-corrected chi connectivity index (χ0v) is 15.2. The average molecular weight is 417 g/mol. The number of nitroso groups, excluding NO2 is 1. The Morgan fingerprint density at radius 2 is 1.92 bits per heavy atom. The van der Waals surface area contributed by atoms with E-state index >= 15 is 0 Å². The molecule has 0 unspecified atom stereocenters. The van der Waals surface area contributed by atoms with Crippen LogP contribution >= 0.6 is 15.9 Å². The first-order valence-electron chi connectivity index (χ1n) is 7.67. The summed E-state index contributed by atoms with van der Waals surface area (Å²) in [5.41, 5.74) is 1.16. The maximum atomic E-state index is 12.9. The van der Waals surface area contributed by atoms with Gasteiger partial charge in [-0.2, -0.15) is 0 Å². The molecule has 1 N–H and O–H groups in total. The molecule has 26 heavy (non-hydrogen) atoms. The van der Waals surface area contributed by atoms with Crippen molar-refractivity contribution in [2.45, 2.75) is 6.92 Å². The number of carbonyl (C=O) groups is 2. The van der Waals surface area contributed by atoms with Gasteiger partial charge in [0.25, 0.3) is 0 Å². The molecule has 0 saturated carbocycles. The molecular weight excluding hydrogens is 404 g/mol. The number of amides is 1. The first-order chi connectivity index (χ1) is 12.5. The molecule has 1 amide bonds. The number of carbonyl (C=O) groups excluding carboxylic acids is 2. The summed E-state index contributed by atoms with van der Waals surface area (Å²) in [5.74, 6) is -0.473. The van der Waals surface area contributed by atoms with Crippen molar-refractivity contribution < 1.29 is 18.7 Å². The van der Waals surface area contributed by atoms with Gasteiger partial charge < -0.3 is 9.15 Å². The number of furan rings is 1. The predicted octanol–water partition coefficient (Wildman–Crippen LogP) is 5.39. The molecule has 0 radical (unpaired) electrons. The van der Waals surface area contributed by atoms with Gasteiger partial charge in [-0.3, -0.25) is 10.1 Å². The van der Waals surface area contributed by atoms with Crippen molar-refractivity contribution in [1.29, 1.82) is 0 Å². The molecule has 0 fully saturated rings. The highest BCUT2D eigenvalue weighted by Gasteiger charge is 2.24. The molecule has 0 spiro atoms. The van der Waals surface area contributed by atoms with Gasteiger partial charge >= 0.3 is 6.09 Å². The number of nitrogens with zero attached hydrogens (tertiary/aromatic N) is 1. The van der Waals surface area contributed by atoms with Crippen molar-refractivity contribution >= 4 is 50.2 Å². The quantitative estimate of drug-likeness (QED) is 0.443. The van der Waals surface area contributed by atoms with Crippen molar-refractivity contribution in [2.24, 2.45) is 5.18 Å². The van der Waals surface area contributed by atoms with Crippen LogP contribution in [-0.4, -0.2) is 18.5 Å². The molecule has 0 atom stereocenters. The Morgan fingerprint density at radius 3 is 2.58 bits per heavy atom. The van der Waals surface area contributed by atoms with E-state index in [-0.39, 0.29) is 23.7 Å². The lowest BCUT2D eigenvalue weighted by molar-refractivity contribution is 0.101. The number of ether oxygens (including phenoxy) is 1. The normalized spacial score (nSPS) is 10.5. The highest BCUT2D eigenvalue weighted by atomic mass is 79.9. The summed E-state index contributed by atoms with van der Waals surface area (Å²) in [6, 6.07) is 11.0. The second-order valence-corrected chi connectivity index (χ2v) is 6.18. The van der Waals surface area contributed by atoms with E-state index in [0.717, 1.165) is 4.47 Å². The predicted molar refractivity (Wildman–Crippen MR) is 99.9 cm³/mol. The minimum Gasteiger partial charge on any atom is -0.450 e. The molecular formula is C18H13BrN2O5. The van der Waals surface area contributed by atoms with E-state index in [2.05, 4.69) is 26.4 Å². The number of halogens is 1. The number of fused-ring (bicyclic) bond motifs is 1. The van der Waals surface area contributed by atoms with Crippen LogP contribution in [0.3, 0.4) is 0 Å². The maximum Gasteiger partial charge on any atom is 0.411 e. The Hall–Kier alpha value is -3.00. The first kappa shape index (κ1) is 17.8. The third kappa shape index (κ3) is 3.50. The highest BCUT2D eigenvalue weighted by Crippen LogP contribution is 2.34. The van der Waals surface area contributed by atoms with Gasteiger partial charge in [-0.1, -0.05) is 15.9 Å². The average Bonchev–Trinajstić information content (AvgIpc) is 2.98. The van der Waals surface area contributed by atoms with Crippen LogP contribution in [0, 0.1) is 4.91 Å². The van der Waals surface area contributed by atoms with Crippen LogP contribution < -0.4 is 5.32 Å². The van der Waals surface area contributed by atoms with Crippen LogP contribution in [0.2, 0.25) is 0 Å². The molecule has 1 heterocycles. The third-order valence-corrected chi connectivity index (χ3v) is 4.09. The molecule has 3 aromatic rings. The molecule has 3 rings (SSSR count). The minimum absolute atomic E-state index is 0.0297. The summed E-state index contributed by atoms with van der Waals surface area (Å²) < 4.78 is 11.4. The molecule has 0 aliphatic rings. The Morgan fingerprint density at radius 1 is 1.19 bits per heavy atom. The van der Waals surface area contributed by atoms with E-state index in [0.29, 0.717) is 16.5 Å². The van der Waals surface area contributed by atoms with E-state index < -0.39 is 11.9 Å². The molecule has 1 aromatic heterocycles. The fourth-order valence-corrected chi connectivity index (χ4v) is 2.77. The van der Waals surface area contributed by atoms with Gasteiger partial charge in [0.1, 0.15) is 17.0 Å².